The van der Waals surface area contributed by atoms with Crippen molar-refractivity contribution in [3.8, 4) is 17.1 Å². The highest BCUT2D eigenvalue weighted by molar-refractivity contribution is 14.0. The molecular formula is C20H22F3IN6O. The van der Waals surface area contributed by atoms with Crippen LogP contribution in [0.4, 0.5) is 13.2 Å². The van der Waals surface area contributed by atoms with Crippen molar-refractivity contribution in [1.82, 2.24) is 25.8 Å². The zero-order chi connectivity index (χ0) is 21.6. The van der Waals surface area contributed by atoms with Gasteiger partial charge in [-0.25, -0.2) is 4.98 Å². The van der Waals surface area contributed by atoms with Crippen LogP contribution in [0.1, 0.15) is 17.0 Å². The number of guanidine groups is 1. The first-order valence-corrected chi connectivity index (χ1v) is 9.05. The summed E-state index contributed by atoms with van der Waals surface area (Å²) in [5.41, 5.74) is 0.877. The van der Waals surface area contributed by atoms with Crippen LogP contribution in [0.5, 0.6) is 5.75 Å². The SMILES string of the molecule is CN=C(NCc1ccc(C(F)(F)F)cc1)NCc1nc(-c2ccc(OC)cc2)n[nH]1.I. The maximum Gasteiger partial charge on any atom is 0.416 e. The second-order valence-corrected chi connectivity index (χ2v) is 6.31. The van der Waals surface area contributed by atoms with Gasteiger partial charge >= 0.3 is 6.18 Å². The van der Waals surface area contributed by atoms with E-state index in [4.69, 9.17) is 4.74 Å². The van der Waals surface area contributed by atoms with E-state index in [-0.39, 0.29) is 24.0 Å². The zero-order valence-corrected chi connectivity index (χ0v) is 19.2. The molecule has 2 aromatic carbocycles. The number of hydrogen-bond donors (Lipinski definition) is 3. The topological polar surface area (TPSA) is 87.2 Å². The lowest BCUT2D eigenvalue weighted by Crippen LogP contribution is -2.36. The maximum atomic E-state index is 12.6. The highest BCUT2D eigenvalue weighted by atomic mass is 127. The number of aliphatic imine (C=N–C) groups is 1. The smallest absolute Gasteiger partial charge is 0.416 e. The molecule has 166 valence electrons. The molecule has 0 aliphatic carbocycles. The summed E-state index contributed by atoms with van der Waals surface area (Å²) in [6.07, 6.45) is -4.34. The van der Waals surface area contributed by atoms with Crippen molar-refractivity contribution in [2.45, 2.75) is 19.3 Å². The third-order valence-electron chi connectivity index (χ3n) is 4.27. The first-order chi connectivity index (χ1) is 14.4. The van der Waals surface area contributed by atoms with Crippen molar-refractivity contribution in [2.75, 3.05) is 14.2 Å². The molecule has 1 heterocycles. The lowest BCUT2D eigenvalue weighted by atomic mass is 10.1. The summed E-state index contributed by atoms with van der Waals surface area (Å²) in [7, 11) is 3.20. The summed E-state index contributed by atoms with van der Waals surface area (Å²) < 4.78 is 43.0. The van der Waals surface area contributed by atoms with E-state index in [0.717, 1.165) is 23.4 Å². The van der Waals surface area contributed by atoms with Gasteiger partial charge in [0, 0.05) is 19.2 Å². The molecule has 0 spiro atoms. The van der Waals surface area contributed by atoms with E-state index in [1.807, 2.05) is 24.3 Å². The van der Waals surface area contributed by atoms with Gasteiger partial charge in [0.05, 0.1) is 19.2 Å². The van der Waals surface area contributed by atoms with Crippen LogP contribution in [-0.2, 0) is 19.3 Å². The number of halogens is 4. The molecule has 0 saturated carbocycles. The highest BCUT2D eigenvalue weighted by Gasteiger charge is 2.29. The Hall–Kier alpha value is -2.83. The van der Waals surface area contributed by atoms with Gasteiger partial charge in [0.15, 0.2) is 11.8 Å². The average molecular weight is 546 g/mol. The maximum absolute atomic E-state index is 12.6. The molecule has 3 N–H and O–H groups in total. The van der Waals surface area contributed by atoms with Crippen LogP contribution in [0.3, 0.4) is 0 Å². The molecule has 0 aliphatic rings. The Morgan fingerprint density at radius 3 is 2.26 bits per heavy atom. The van der Waals surface area contributed by atoms with Crippen LogP contribution in [-0.4, -0.2) is 35.3 Å². The second-order valence-electron chi connectivity index (χ2n) is 6.31. The number of nitrogens with zero attached hydrogens (tertiary/aromatic N) is 3. The number of aromatic nitrogens is 3. The van der Waals surface area contributed by atoms with Crippen molar-refractivity contribution in [3.05, 3.63) is 65.5 Å². The Morgan fingerprint density at radius 2 is 1.68 bits per heavy atom. The molecule has 0 fully saturated rings. The van der Waals surface area contributed by atoms with Crippen molar-refractivity contribution in [2.24, 2.45) is 4.99 Å². The summed E-state index contributed by atoms with van der Waals surface area (Å²) in [5, 5.41) is 13.2. The second kappa shape index (κ2) is 11.0. The van der Waals surface area contributed by atoms with E-state index >= 15 is 0 Å². The van der Waals surface area contributed by atoms with E-state index < -0.39 is 11.7 Å². The Balaban J connectivity index is 0.00000341. The number of ether oxygens (including phenoxy) is 1. The van der Waals surface area contributed by atoms with E-state index in [1.165, 1.54) is 12.1 Å². The largest absolute Gasteiger partial charge is 0.497 e. The molecule has 0 radical (unpaired) electrons. The quantitative estimate of drug-likeness (QED) is 0.248. The number of nitrogens with one attached hydrogen (secondary N) is 3. The van der Waals surface area contributed by atoms with Gasteiger partial charge in [-0.1, -0.05) is 12.1 Å². The van der Waals surface area contributed by atoms with Gasteiger partial charge in [0.25, 0.3) is 0 Å². The Morgan fingerprint density at radius 1 is 1.03 bits per heavy atom. The van der Waals surface area contributed by atoms with Crippen molar-refractivity contribution >= 4 is 29.9 Å². The van der Waals surface area contributed by atoms with Gasteiger partial charge in [-0.2, -0.15) is 18.3 Å². The number of hydrogen-bond acceptors (Lipinski definition) is 4. The number of benzene rings is 2. The molecule has 0 amide bonds. The van der Waals surface area contributed by atoms with Gasteiger partial charge in [0.1, 0.15) is 11.6 Å². The van der Waals surface area contributed by atoms with Crippen LogP contribution >= 0.6 is 24.0 Å². The molecule has 0 unspecified atom stereocenters. The van der Waals surface area contributed by atoms with Gasteiger partial charge in [0.2, 0.25) is 0 Å². The van der Waals surface area contributed by atoms with E-state index in [0.29, 0.717) is 36.3 Å². The van der Waals surface area contributed by atoms with Crippen LogP contribution in [0.15, 0.2) is 53.5 Å². The summed E-state index contributed by atoms with van der Waals surface area (Å²) in [5.74, 6) is 2.40. The fourth-order valence-corrected chi connectivity index (χ4v) is 2.63. The molecule has 11 heteroatoms. The lowest BCUT2D eigenvalue weighted by molar-refractivity contribution is -0.137. The molecular weight excluding hydrogens is 524 g/mol. The fraction of sp³-hybridized carbons (Fsp3) is 0.250. The number of aromatic amines is 1. The van der Waals surface area contributed by atoms with Gasteiger partial charge in [-0.15, -0.1) is 24.0 Å². The van der Waals surface area contributed by atoms with Crippen molar-refractivity contribution in [3.63, 3.8) is 0 Å². The van der Waals surface area contributed by atoms with Crippen LogP contribution in [0, 0.1) is 0 Å². The molecule has 0 bridgehead atoms. The minimum atomic E-state index is -4.34. The Labute approximate surface area is 194 Å². The number of H-pyrrole nitrogens is 1. The first kappa shape index (κ1) is 24.4. The molecule has 7 nitrogen and oxygen atoms in total. The standard InChI is InChI=1S/C20H21F3N6O.HI/c1-24-19(25-11-13-3-7-15(8-4-13)20(21,22)23)26-12-17-27-18(29-28-17)14-5-9-16(30-2)10-6-14;/h3-10H,11-12H2,1-2H3,(H2,24,25,26)(H,27,28,29);1H. The molecule has 3 aromatic rings. The van der Waals surface area contributed by atoms with Crippen LogP contribution in [0.25, 0.3) is 11.4 Å². The lowest BCUT2D eigenvalue weighted by Gasteiger charge is -2.12. The zero-order valence-electron chi connectivity index (χ0n) is 16.8. The van der Waals surface area contributed by atoms with Crippen LogP contribution < -0.4 is 15.4 Å². The monoisotopic (exact) mass is 546 g/mol. The summed E-state index contributed by atoms with van der Waals surface area (Å²) in [6.45, 7) is 0.668. The van der Waals surface area contributed by atoms with E-state index in [2.05, 4.69) is 30.8 Å². The van der Waals surface area contributed by atoms with Gasteiger partial charge < -0.3 is 15.4 Å². The minimum absolute atomic E-state index is 0. The average Bonchev–Trinajstić information content (AvgIpc) is 3.22. The van der Waals surface area contributed by atoms with Crippen molar-refractivity contribution in [1.29, 1.82) is 0 Å². The van der Waals surface area contributed by atoms with Crippen molar-refractivity contribution < 1.29 is 17.9 Å². The predicted molar refractivity (Wildman–Crippen MR) is 122 cm³/mol. The minimum Gasteiger partial charge on any atom is -0.497 e. The normalized spacial score (nSPS) is 11.6. The Kier molecular flexibility index (Phi) is 8.65. The molecule has 0 saturated heterocycles. The molecule has 3 rings (SSSR count). The predicted octanol–water partition coefficient (Wildman–Crippen LogP) is 3.98. The van der Waals surface area contributed by atoms with E-state index in [9.17, 15) is 13.2 Å². The number of methoxy groups -OCH3 is 1. The molecule has 31 heavy (non-hydrogen) atoms. The molecule has 0 aliphatic heterocycles. The van der Waals surface area contributed by atoms with Crippen LogP contribution in [0.2, 0.25) is 0 Å². The third-order valence-corrected chi connectivity index (χ3v) is 4.27. The highest BCUT2D eigenvalue weighted by Crippen LogP contribution is 2.29. The van der Waals surface area contributed by atoms with Gasteiger partial charge in [-0.3, -0.25) is 10.1 Å². The van der Waals surface area contributed by atoms with Gasteiger partial charge in [-0.05, 0) is 42.0 Å². The molecule has 0 atom stereocenters. The third kappa shape index (κ3) is 6.84. The number of rotatable bonds is 6. The summed E-state index contributed by atoms with van der Waals surface area (Å²) >= 11 is 0. The Bertz CT molecular complexity index is 987. The molecule has 1 aromatic heterocycles. The first-order valence-electron chi connectivity index (χ1n) is 9.05. The summed E-state index contributed by atoms with van der Waals surface area (Å²) in [6, 6.07) is 12.4. The summed E-state index contributed by atoms with van der Waals surface area (Å²) in [4.78, 5) is 8.53. The number of alkyl halides is 3. The fourth-order valence-electron chi connectivity index (χ4n) is 2.63. The van der Waals surface area contributed by atoms with E-state index in [1.54, 1.807) is 14.2 Å².